The molecule has 0 bridgehead atoms. The van der Waals surface area contributed by atoms with Crippen molar-refractivity contribution in [2.24, 2.45) is 0 Å². The molecule has 0 radical (unpaired) electrons. The summed E-state index contributed by atoms with van der Waals surface area (Å²) in [6.45, 7) is 5.45. The maximum Gasteiger partial charge on any atom is 0.265 e. The van der Waals surface area contributed by atoms with Crippen LogP contribution in [0.3, 0.4) is 0 Å². The summed E-state index contributed by atoms with van der Waals surface area (Å²) in [6, 6.07) is 10.2. The lowest BCUT2D eigenvalue weighted by Crippen LogP contribution is -2.42. The molecule has 134 valence electrons. The van der Waals surface area contributed by atoms with Crippen LogP contribution in [0.1, 0.15) is 32.3 Å². The van der Waals surface area contributed by atoms with Gasteiger partial charge < -0.3 is 0 Å². The summed E-state index contributed by atoms with van der Waals surface area (Å²) in [5, 5.41) is -0.807. The van der Waals surface area contributed by atoms with E-state index in [-0.39, 0.29) is 10.8 Å². The Morgan fingerprint density at radius 2 is 1.52 bits per heavy atom. The largest absolute Gasteiger partial charge is 0.279 e. The van der Waals surface area contributed by atoms with E-state index < -0.39 is 27.1 Å². The SMILES string of the molecule is CC(C)c1ccc(N(C(C)C(=O)Cl)S(=O)(=O)c2ccc(F)cc2)cc1. The second-order valence-corrected chi connectivity index (χ2v) is 8.17. The van der Waals surface area contributed by atoms with E-state index in [9.17, 15) is 17.6 Å². The molecule has 0 N–H and O–H groups in total. The first kappa shape index (κ1) is 19.4. The van der Waals surface area contributed by atoms with Crippen LogP contribution in [-0.2, 0) is 14.8 Å². The van der Waals surface area contributed by atoms with Crippen LogP contribution in [-0.4, -0.2) is 19.7 Å². The van der Waals surface area contributed by atoms with E-state index in [0.29, 0.717) is 5.69 Å². The molecule has 0 aliphatic heterocycles. The highest BCUT2D eigenvalue weighted by Crippen LogP contribution is 2.28. The molecule has 7 heteroatoms. The van der Waals surface area contributed by atoms with Gasteiger partial charge in [-0.2, -0.15) is 0 Å². The number of halogens is 2. The molecule has 0 heterocycles. The number of carbonyl (C=O) groups excluding carboxylic acids is 1. The van der Waals surface area contributed by atoms with Crippen LogP contribution in [0.2, 0.25) is 0 Å². The normalized spacial score (nSPS) is 12.9. The molecular formula is C18H19ClFNO3S. The number of hydrogen-bond acceptors (Lipinski definition) is 3. The average Bonchev–Trinajstić information content (AvgIpc) is 2.55. The van der Waals surface area contributed by atoms with Crippen molar-refractivity contribution in [3.05, 3.63) is 59.9 Å². The molecule has 25 heavy (non-hydrogen) atoms. The van der Waals surface area contributed by atoms with E-state index in [0.717, 1.165) is 34.1 Å². The zero-order chi connectivity index (χ0) is 18.8. The summed E-state index contributed by atoms with van der Waals surface area (Å²) in [5.74, 6) is -0.267. The Kier molecular flexibility index (Phi) is 5.85. The number of sulfonamides is 1. The van der Waals surface area contributed by atoms with Gasteiger partial charge in [-0.25, -0.2) is 12.8 Å². The number of rotatable bonds is 6. The van der Waals surface area contributed by atoms with Gasteiger partial charge in [-0.05, 0) is 66.4 Å². The summed E-state index contributed by atoms with van der Waals surface area (Å²) >= 11 is 5.57. The van der Waals surface area contributed by atoms with Gasteiger partial charge in [0.25, 0.3) is 10.0 Å². The summed E-state index contributed by atoms with van der Waals surface area (Å²) < 4.78 is 40.1. The van der Waals surface area contributed by atoms with Gasteiger partial charge in [-0.15, -0.1) is 0 Å². The van der Waals surface area contributed by atoms with E-state index >= 15 is 0 Å². The van der Waals surface area contributed by atoms with E-state index in [1.165, 1.54) is 6.92 Å². The molecule has 1 unspecified atom stereocenters. The first-order valence-electron chi connectivity index (χ1n) is 7.74. The minimum Gasteiger partial charge on any atom is -0.279 e. The quantitative estimate of drug-likeness (QED) is 0.699. The fraction of sp³-hybridized carbons (Fsp3) is 0.278. The van der Waals surface area contributed by atoms with Gasteiger partial charge in [0.2, 0.25) is 5.24 Å². The zero-order valence-electron chi connectivity index (χ0n) is 14.1. The number of hydrogen-bond donors (Lipinski definition) is 0. The number of anilines is 1. The number of carbonyl (C=O) groups is 1. The maximum absolute atomic E-state index is 13.1. The molecule has 0 aromatic heterocycles. The van der Waals surface area contributed by atoms with Gasteiger partial charge in [-0.1, -0.05) is 26.0 Å². The van der Waals surface area contributed by atoms with Crippen LogP contribution in [0.5, 0.6) is 0 Å². The lowest BCUT2D eigenvalue weighted by Gasteiger charge is -2.28. The topological polar surface area (TPSA) is 54.5 Å². The molecular weight excluding hydrogens is 365 g/mol. The fourth-order valence-electron chi connectivity index (χ4n) is 2.39. The predicted molar refractivity (Wildman–Crippen MR) is 96.9 cm³/mol. The van der Waals surface area contributed by atoms with Gasteiger partial charge in [0, 0.05) is 0 Å². The van der Waals surface area contributed by atoms with Crippen LogP contribution in [0.15, 0.2) is 53.4 Å². The Morgan fingerprint density at radius 1 is 1.00 bits per heavy atom. The van der Waals surface area contributed by atoms with Crippen LogP contribution < -0.4 is 4.31 Å². The molecule has 0 amide bonds. The Bertz CT molecular complexity index is 849. The second-order valence-electron chi connectivity index (χ2n) is 5.98. The van der Waals surface area contributed by atoms with Crippen molar-refractivity contribution >= 4 is 32.6 Å². The monoisotopic (exact) mass is 383 g/mol. The van der Waals surface area contributed by atoms with Crippen LogP contribution >= 0.6 is 11.6 Å². The fourth-order valence-corrected chi connectivity index (χ4v) is 4.16. The third-order valence-electron chi connectivity index (χ3n) is 3.86. The molecule has 2 aromatic rings. The minimum absolute atomic E-state index is 0.119. The van der Waals surface area contributed by atoms with E-state index in [2.05, 4.69) is 0 Å². The summed E-state index contributed by atoms with van der Waals surface area (Å²) in [5.41, 5.74) is 1.35. The number of nitrogens with zero attached hydrogens (tertiary/aromatic N) is 1. The van der Waals surface area contributed by atoms with Crippen molar-refractivity contribution in [1.82, 2.24) is 0 Å². The summed E-state index contributed by atoms with van der Waals surface area (Å²) in [4.78, 5) is 11.5. The Balaban J connectivity index is 2.56. The minimum atomic E-state index is -4.09. The maximum atomic E-state index is 13.1. The molecule has 0 fully saturated rings. The van der Waals surface area contributed by atoms with Gasteiger partial charge >= 0.3 is 0 Å². The van der Waals surface area contributed by atoms with Gasteiger partial charge in [0.05, 0.1) is 10.6 Å². The molecule has 0 aliphatic rings. The van der Waals surface area contributed by atoms with Crippen LogP contribution in [0.4, 0.5) is 10.1 Å². The van der Waals surface area contributed by atoms with Crippen LogP contribution in [0.25, 0.3) is 0 Å². The Morgan fingerprint density at radius 3 is 1.96 bits per heavy atom. The van der Waals surface area contributed by atoms with Crippen LogP contribution in [0, 0.1) is 5.82 Å². The van der Waals surface area contributed by atoms with Crippen molar-refractivity contribution in [2.75, 3.05) is 4.31 Å². The van der Waals surface area contributed by atoms with Crippen molar-refractivity contribution < 1.29 is 17.6 Å². The highest BCUT2D eigenvalue weighted by Gasteiger charge is 2.32. The molecule has 0 aliphatic carbocycles. The first-order valence-corrected chi connectivity index (χ1v) is 9.55. The highest BCUT2D eigenvalue weighted by molar-refractivity contribution is 7.93. The average molecular weight is 384 g/mol. The number of benzene rings is 2. The second kappa shape index (κ2) is 7.54. The molecule has 0 spiro atoms. The molecule has 2 aromatic carbocycles. The Labute approximate surface area is 152 Å². The third kappa shape index (κ3) is 4.19. The molecule has 0 saturated carbocycles. The van der Waals surface area contributed by atoms with E-state index in [1.807, 2.05) is 13.8 Å². The zero-order valence-corrected chi connectivity index (χ0v) is 15.7. The van der Waals surface area contributed by atoms with Gasteiger partial charge in [-0.3, -0.25) is 9.10 Å². The lowest BCUT2D eigenvalue weighted by molar-refractivity contribution is -0.112. The molecule has 0 saturated heterocycles. The van der Waals surface area contributed by atoms with Gasteiger partial charge in [0.15, 0.2) is 0 Å². The molecule has 4 nitrogen and oxygen atoms in total. The van der Waals surface area contributed by atoms with Crippen molar-refractivity contribution in [3.8, 4) is 0 Å². The lowest BCUT2D eigenvalue weighted by atomic mass is 10.0. The van der Waals surface area contributed by atoms with Crippen molar-refractivity contribution in [1.29, 1.82) is 0 Å². The first-order chi connectivity index (χ1) is 11.6. The summed E-state index contributed by atoms with van der Waals surface area (Å²) in [7, 11) is -4.09. The van der Waals surface area contributed by atoms with Gasteiger partial charge in [0.1, 0.15) is 11.9 Å². The van der Waals surface area contributed by atoms with E-state index in [4.69, 9.17) is 11.6 Å². The Hall–Kier alpha value is -1.92. The van der Waals surface area contributed by atoms with Crippen molar-refractivity contribution in [2.45, 2.75) is 37.6 Å². The molecule has 2 rings (SSSR count). The predicted octanol–water partition coefficient (Wildman–Crippen LogP) is 4.30. The van der Waals surface area contributed by atoms with E-state index in [1.54, 1.807) is 24.3 Å². The summed E-state index contributed by atoms with van der Waals surface area (Å²) in [6.07, 6.45) is 0. The molecule has 1 atom stereocenters. The smallest absolute Gasteiger partial charge is 0.265 e. The highest BCUT2D eigenvalue weighted by atomic mass is 35.5. The third-order valence-corrected chi connectivity index (χ3v) is 6.09. The van der Waals surface area contributed by atoms with Crippen molar-refractivity contribution in [3.63, 3.8) is 0 Å². The standard InChI is InChI=1S/C18H19ClFNO3S/c1-12(2)14-4-8-16(9-5-14)21(13(3)18(19)22)25(23,24)17-10-6-15(20)7-11-17/h4-13H,1-3H3.